The van der Waals surface area contributed by atoms with Gasteiger partial charge in [-0.2, -0.15) is 5.10 Å². The van der Waals surface area contributed by atoms with Gasteiger partial charge in [0.05, 0.1) is 33.5 Å². The molecule has 3 N–H and O–H groups in total. The minimum absolute atomic E-state index is 0.0289. The van der Waals surface area contributed by atoms with Gasteiger partial charge < -0.3 is 19.9 Å². The largest absolute Gasteiger partial charge is 0.507 e. The summed E-state index contributed by atoms with van der Waals surface area (Å²) in [7, 11) is 2.54. The lowest BCUT2D eigenvalue weighted by Crippen LogP contribution is -2.35. The molecule has 0 unspecified atom stereocenters. The summed E-state index contributed by atoms with van der Waals surface area (Å²) in [5.74, 6) is -1.05. The highest BCUT2D eigenvalue weighted by molar-refractivity contribution is 7.80. The van der Waals surface area contributed by atoms with Gasteiger partial charge in [0.2, 0.25) is 0 Å². The Morgan fingerprint density at radius 1 is 1.06 bits per heavy atom. The van der Waals surface area contributed by atoms with Crippen molar-refractivity contribution in [3.8, 4) is 5.75 Å². The van der Waals surface area contributed by atoms with Gasteiger partial charge in [0.15, 0.2) is 5.11 Å². The van der Waals surface area contributed by atoms with Crippen LogP contribution >= 0.6 is 12.2 Å². The Hall–Kier alpha value is -4.02. The van der Waals surface area contributed by atoms with Crippen LogP contribution in [0.4, 0.5) is 5.69 Å². The number of anilines is 1. The van der Waals surface area contributed by atoms with E-state index in [0.29, 0.717) is 11.1 Å². The van der Waals surface area contributed by atoms with E-state index >= 15 is 0 Å². The van der Waals surface area contributed by atoms with Gasteiger partial charge in [-0.05, 0) is 42.2 Å². The maximum absolute atomic E-state index is 11.8. The quantitative estimate of drug-likeness (QED) is 0.173. The average Bonchev–Trinajstić information content (AvgIpc) is 2.86. The predicted octanol–water partition coefficient (Wildman–Crippen LogP) is 3.32. The van der Waals surface area contributed by atoms with Gasteiger partial charge in [0.1, 0.15) is 5.75 Å². The van der Waals surface area contributed by atoms with Crippen LogP contribution in [0, 0.1) is 6.92 Å². The van der Waals surface area contributed by atoms with Crippen LogP contribution in [-0.2, 0) is 25.6 Å². The van der Waals surface area contributed by atoms with Crippen molar-refractivity contribution in [2.45, 2.75) is 13.5 Å². The molecule has 10 heteroatoms. The van der Waals surface area contributed by atoms with Crippen molar-refractivity contribution in [3.63, 3.8) is 0 Å². The third-order valence-corrected chi connectivity index (χ3v) is 5.52. The summed E-state index contributed by atoms with van der Waals surface area (Å²) >= 11 is 5.37. The van der Waals surface area contributed by atoms with E-state index in [0.717, 1.165) is 22.0 Å². The molecule has 0 aliphatic rings. The van der Waals surface area contributed by atoms with Crippen LogP contribution in [0.15, 0.2) is 59.7 Å². The van der Waals surface area contributed by atoms with Crippen molar-refractivity contribution in [2.24, 2.45) is 5.10 Å². The van der Waals surface area contributed by atoms with Crippen LogP contribution in [0.25, 0.3) is 10.8 Å². The number of hydrogen-bond donors (Lipinski definition) is 3. The van der Waals surface area contributed by atoms with Crippen molar-refractivity contribution in [2.75, 3.05) is 32.6 Å². The molecule has 0 atom stereocenters. The van der Waals surface area contributed by atoms with E-state index in [1.54, 1.807) is 12.1 Å². The smallest absolute Gasteiger partial charge is 0.319 e. The second-order valence-corrected chi connectivity index (χ2v) is 8.42. The van der Waals surface area contributed by atoms with Crippen LogP contribution < -0.4 is 10.7 Å². The zero-order valence-electron chi connectivity index (χ0n) is 20.3. The van der Waals surface area contributed by atoms with Gasteiger partial charge in [-0.15, -0.1) is 0 Å². The average molecular weight is 509 g/mol. The number of phenols is 1. The molecule has 36 heavy (non-hydrogen) atoms. The Morgan fingerprint density at radius 3 is 2.42 bits per heavy atom. The summed E-state index contributed by atoms with van der Waals surface area (Å²) < 4.78 is 9.42. The summed E-state index contributed by atoms with van der Waals surface area (Å²) in [6.45, 7) is 1.70. The molecule has 0 saturated heterocycles. The van der Waals surface area contributed by atoms with Crippen LogP contribution in [0.1, 0.15) is 16.7 Å². The first-order valence-corrected chi connectivity index (χ1v) is 11.5. The number of nitrogens with zero attached hydrogens (tertiary/aromatic N) is 2. The number of fused-ring (bicyclic) bond motifs is 1. The second kappa shape index (κ2) is 12.6. The second-order valence-electron chi connectivity index (χ2n) is 8.01. The maximum atomic E-state index is 11.8. The van der Waals surface area contributed by atoms with Gasteiger partial charge in [-0.25, -0.2) is 0 Å². The highest BCUT2D eigenvalue weighted by Crippen LogP contribution is 2.25. The number of benzene rings is 3. The number of ether oxygens (including phenoxy) is 2. The van der Waals surface area contributed by atoms with Crippen molar-refractivity contribution in [3.05, 3.63) is 71.3 Å². The van der Waals surface area contributed by atoms with Crippen molar-refractivity contribution >= 4 is 51.9 Å². The summed E-state index contributed by atoms with van der Waals surface area (Å²) in [6, 6.07) is 17.4. The van der Waals surface area contributed by atoms with E-state index in [-0.39, 0.29) is 30.5 Å². The zero-order chi connectivity index (χ0) is 26.1. The molecule has 0 radical (unpaired) electrons. The molecular weight excluding hydrogens is 480 g/mol. The standard InChI is InChI=1S/C26H28N4O5S/c1-17-11-19(25(33)20(12-17)14-30(15-23(31)34-2)16-24(32)35-3)13-27-29-26(36)28-22-10-6-8-18-7-4-5-9-21(18)22/h4-13,33H,14-16H2,1-3H3,(H2,28,29,36)/b27-13+. The molecule has 0 aliphatic carbocycles. The Kier molecular flexibility index (Phi) is 9.32. The Bertz CT molecular complexity index is 1270. The van der Waals surface area contributed by atoms with Gasteiger partial charge in [-0.3, -0.25) is 19.9 Å². The number of aryl methyl sites for hydroxylation is 1. The normalized spacial score (nSPS) is 11.0. The highest BCUT2D eigenvalue weighted by atomic mass is 32.1. The highest BCUT2D eigenvalue weighted by Gasteiger charge is 2.18. The summed E-state index contributed by atoms with van der Waals surface area (Å²) in [4.78, 5) is 25.1. The number of hydrazone groups is 1. The number of thiocarbonyl (C=S) groups is 1. The number of phenolic OH excluding ortho intramolecular Hbond substituents is 1. The predicted molar refractivity (Wildman–Crippen MR) is 143 cm³/mol. The number of carbonyl (C=O) groups is 2. The van der Waals surface area contributed by atoms with Crippen LogP contribution in [0.3, 0.4) is 0 Å². The van der Waals surface area contributed by atoms with Crippen molar-refractivity contribution in [1.29, 1.82) is 0 Å². The van der Waals surface area contributed by atoms with Crippen molar-refractivity contribution in [1.82, 2.24) is 10.3 Å². The molecule has 0 amide bonds. The minimum atomic E-state index is -0.510. The van der Waals surface area contributed by atoms with Crippen LogP contribution in [0.2, 0.25) is 0 Å². The number of nitrogens with one attached hydrogen (secondary N) is 2. The lowest BCUT2D eigenvalue weighted by molar-refractivity contribution is -0.145. The van der Waals surface area contributed by atoms with Crippen molar-refractivity contribution < 1.29 is 24.2 Å². The van der Waals surface area contributed by atoms with Gasteiger partial charge in [-0.1, -0.05) is 42.5 Å². The summed E-state index contributed by atoms with van der Waals surface area (Å²) in [5.41, 5.74) is 5.43. The molecule has 0 aromatic heterocycles. The molecule has 0 fully saturated rings. The molecule has 0 heterocycles. The lowest BCUT2D eigenvalue weighted by Gasteiger charge is -2.21. The number of carbonyl (C=O) groups excluding carboxylic acids is 2. The molecule has 3 aromatic carbocycles. The Morgan fingerprint density at radius 2 is 1.72 bits per heavy atom. The first kappa shape index (κ1) is 26.6. The van der Waals surface area contributed by atoms with E-state index in [9.17, 15) is 14.7 Å². The molecule has 0 bridgehead atoms. The minimum Gasteiger partial charge on any atom is -0.507 e. The van der Waals surface area contributed by atoms with Gasteiger partial charge in [0, 0.05) is 28.7 Å². The Balaban J connectivity index is 1.72. The molecule has 3 aromatic rings. The number of rotatable bonds is 9. The van der Waals surface area contributed by atoms with Gasteiger partial charge in [0.25, 0.3) is 0 Å². The maximum Gasteiger partial charge on any atom is 0.319 e. The molecule has 3 rings (SSSR count). The lowest BCUT2D eigenvalue weighted by atomic mass is 10.0. The molecule has 0 aliphatic heterocycles. The molecule has 188 valence electrons. The SMILES string of the molecule is COC(=O)CN(CC(=O)OC)Cc1cc(C)cc(/C=N/NC(=S)Nc2cccc3ccccc23)c1O. The van der Waals surface area contributed by atoms with Crippen LogP contribution in [-0.4, -0.2) is 60.6 Å². The molecular formula is C26H28N4O5S. The van der Waals surface area contributed by atoms with E-state index in [1.807, 2.05) is 49.4 Å². The fourth-order valence-corrected chi connectivity index (χ4v) is 3.81. The van der Waals surface area contributed by atoms with E-state index in [4.69, 9.17) is 21.7 Å². The van der Waals surface area contributed by atoms with E-state index < -0.39 is 11.9 Å². The zero-order valence-corrected chi connectivity index (χ0v) is 21.1. The number of hydrogen-bond acceptors (Lipinski definition) is 8. The van der Waals surface area contributed by atoms with E-state index in [2.05, 4.69) is 15.8 Å². The topological polar surface area (TPSA) is 112 Å². The summed E-state index contributed by atoms with van der Waals surface area (Å²) in [5, 5.41) is 20.5. The summed E-state index contributed by atoms with van der Waals surface area (Å²) in [6.07, 6.45) is 1.45. The fourth-order valence-electron chi connectivity index (χ4n) is 3.65. The number of esters is 2. The fraction of sp³-hybridized carbons (Fsp3) is 0.231. The number of methoxy groups -OCH3 is 2. The van der Waals surface area contributed by atoms with Gasteiger partial charge >= 0.3 is 11.9 Å². The monoisotopic (exact) mass is 508 g/mol. The molecule has 0 saturated carbocycles. The number of aromatic hydroxyl groups is 1. The molecule has 0 spiro atoms. The van der Waals surface area contributed by atoms with E-state index in [1.165, 1.54) is 25.3 Å². The molecule has 9 nitrogen and oxygen atoms in total. The third kappa shape index (κ3) is 7.24. The first-order chi connectivity index (χ1) is 17.3. The first-order valence-electron chi connectivity index (χ1n) is 11.1. The third-order valence-electron chi connectivity index (χ3n) is 5.32. The Labute approximate surface area is 214 Å². The van der Waals surface area contributed by atoms with Crippen LogP contribution in [0.5, 0.6) is 5.75 Å².